The molecular weight excluding hydrogens is 296 g/mol. The van der Waals surface area contributed by atoms with Crippen LogP contribution in [-0.4, -0.2) is 37.5 Å². The molecule has 4 heteroatoms. The fourth-order valence-electron chi connectivity index (χ4n) is 4.25. The van der Waals surface area contributed by atoms with Gasteiger partial charge in [-0.1, -0.05) is 38.5 Å². The van der Waals surface area contributed by atoms with Crippen molar-refractivity contribution in [1.29, 1.82) is 0 Å². The van der Waals surface area contributed by atoms with Crippen LogP contribution in [0.3, 0.4) is 0 Å². The minimum Gasteiger partial charge on any atom is -0.302 e. The Hall–Kier alpha value is -0.160. The Balaban J connectivity index is 1.40. The average Bonchev–Trinajstić information content (AvgIpc) is 2.60. The molecule has 142 valence electrons. The van der Waals surface area contributed by atoms with Gasteiger partial charge in [0.05, 0.1) is 12.3 Å². The lowest BCUT2D eigenvalue weighted by Gasteiger charge is -2.27. The molecule has 4 nitrogen and oxygen atoms in total. The molecule has 2 aliphatic carbocycles. The van der Waals surface area contributed by atoms with E-state index in [1.54, 1.807) is 0 Å². The van der Waals surface area contributed by atoms with Crippen LogP contribution in [0.2, 0.25) is 0 Å². The quantitative estimate of drug-likeness (QED) is 0.344. The zero-order valence-corrected chi connectivity index (χ0v) is 16.2. The van der Waals surface area contributed by atoms with Crippen LogP contribution >= 0.6 is 0 Å². The van der Waals surface area contributed by atoms with Crippen LogP contribution in [0.5, 0.6) is 0 Å². The highest BCUT2D eigenvalue weighted by Crippen LogP contribution is 2.18. The smallest absolute Gasteiger partial charge is 0.0544 e. The molecule has 0 radical (unpaired) electrons. The second kappa shape index (κ2) is 12.2. The van der Waals surface area contributed by atoms with Gasteiger partial charge in [-0.25, -0.2) is 0 Å². The maximum atomic E-state index is 3.74. The zero-order chi connectivity index (χ0) is 17.0. The Morgan fingerprint density at radius 3 is 1.38 bits per heavy atom. The van der Waals surface area contributed by atoms with Crippen molar-refractivity contribution < 1.29 is 0 Å². The van der Waals surface area contributed by atoms with Crippen molar-refractivity contribution in [2.24, 2.45) is 0 Å². The molecule has 24 heavy (non-hydrogen) atoms. The van der Waals surface area contributed by atoms with Crippen LogP contribution in [0.4, 0.5) is 0 Å². The SMILES string of the molecule is CC(NCCCCNC(C)NC1CCCCC1)NC1CCCCC1. The van der Waals surface area contributed by atoms with Gasteiger partial charge in [0.1, 0.15) is 0 Å². The summed E-state index contributed by atoms with van der Waals surface area (Å²) in [6.45, 7) is 6.77. The molecule has 4 N–H and O–H groups in total. The Kier molecular flexibility index (Phi) is 10.3. The summed E-state index contributed by atoms with van der Waals surface area (Å²) >= 11 is 0. The Morgan fingerprint density at radius 2 is 1.00 bits per heavy atom. The van der Waals surface area contributed by atoms with Crippen molar-refractivity contribution in [2.75, 3.05) is 13.1 Å². The minimum absolute atomic E-state index is 0.452. The highest BCUT2D eigenvalue weighted by Gasteiger charge is 2.15. The average molecular weight is 339 g/mol. The van der Waals surface area contributed by atoms with Crippen molar-refractivity contribution in [1.82, 2.24) is 21.3 Å². The summed E-state index contributed by atoms with van der Waals surface area (Å²) in [5.74, 6) is 0. The molecule has 0 saturated heterocycles. The van der Waals surface area contributed by atoms with Gasteiger partial charge in [0.15, 0.2) is 0 Å². The van der Waals surface area contributed by atoms with E-state index in [-0.39, 0.29) is 0 Å². The molecule has 0 spiro atoms. The lowest BCUT2D eigenvalue weighted by Crippen LogP contribution is -2.47. The lowest BCUT2D eigenvalue weighted by molar-refractivity contribution is 0.312. The minimum atomic E-state index is 0.452. The van der Waals surface area contributed by atoms with Crippen LogP contribution in [0.15, 0.2) is 0 Å². The summed E-state index contributed by atoms with van der Waals surface area (Å²) in [6.07, 6.45) is 17.3. The Labute approximate surface area is 150 Å². The first-order valence-corrected chi connectivity index (χ1v) is 10.7. The summed E-state index contributed by atoms with van der Waals surface area (Å²) in [5, 5.41) is 14.7. The molecule has 0 heterocycles. The van der Waals surface area contributed by atoms with Crippen molar-refractivity contribution in [2.45, 2.75) is 115 Å². The van der Waals surface area contributed by atoms with Gasteiger partial charge in [-0.2, -0.15) is 0 Å². The number of unbranched alkanes of at least 4 members (excludes halogenated alkanes) is 1. The van der Waals surface area contributed by atoms with Crippen molar-refractivity contribution in [3.8, 4) is 0 Å². The van der Waals surface area contributed by atoms with E-state index in [0.717, 1.165) is 25.2 Å². The van der Waals surface area contributed by atoms with E-state index in [1.165, 1.54) is 77.0 Å². The van der Waals surface area contributed by atoms with Gasteiger partial charge < -0.3 is 10.6 Å². The maximum Gasteiger partial charge on any atom is 0.0544 e. The summed E-state index contributed by atoms with van der Waals surface area (Å²) in [7, 11) is 0. The molecule has 2 aliphatic rings. The molecular formula is C20H42N4. The number of nitrogens with one attached hydrogen (secondary N) is 4. The van der Waals surface area contributed by atoms with Gasteiger partial charge in [0.25, 0.3) is 0 Å². The molecule has 0 bridgehead atoms. The molecule has 2 rings (SSSR count). The van der Waals surface area contributed by atoms with E-state index in [0.29, 0.717) is 12.3 Å². The molecule has 0 amide bonds. The monoisotopic (exact) mass is 338 g/mol. The van der Waals surface area contributed by atoms with Gasteiger partial charge in [-0.15, -0.1) is 0 Å². The largest absolute Gasteiger partial charge is 0.302 e. The van der Waals surface area contributed by atoms with E-state index < -0.39 is 0 Å². The standard InChI is InChI=1S/C20H42N4/c1-17(23-19-11-5-3-6-12-19)21-15-9-10-16-22-18(2)24-20-13-7-4-8-14-20/h17-24H,3-16H2,1-2H3. The normalized spacial score (nSPS) is 23.2. The second-order valence-corrected chi connectivity index (χ2v) is 8.06. The molecule has 2 atom stereocenters. The van der Waals surface area contributed by atoms with E-state index in [4.69, 9.17) is 0 Å². The number of hydrogen-bond acceptors (Lipinski definition) is 4. The fourth-order valence-corrected chi connectivity index (χ4v) is 4.25. The molecule has 0 aromatic heterocycles. The maximum absolute atomic E-state index is 3.74. The van der Waals surface area contributed by atoms with Gasteiger partial charge in [0.2, 0.25) is 0 Å². The molecule has 2 fully saturated rings. The predicted molar refractivity (Wildman–Crippen MR) is 104 cm³/mol. The van der Waals surface area contributed by atoms with Crippen molar-refractivity contribution in [3.05, 3.63) is 0 Å². The first kappa shape index (κ1) is 20.2. The first-order chi connectivity index (χ1) is 11.7. The number of rotatable bonds is 11. The summed E-state index contributed by atoms with van der Waals surface area (Å²) in [5.41, 5.74) is 0. The highest BCUT2D eigenvalue weighted by molar-refractivity contribution is 4.75. The van der Waals surface area contributed by atoms with Crippen LogP contribution in [0.1, 0.15) is 90.9 Å². The molecule has 0 aliphatic heterocycles. The van der Waals surface area contributed by atoms with Crippen LogP contribution in [0.25, 0.3) is 0 Å². The van der Waals surface area contributed by atoms with Crippen LogP contribution < -0.4 is 21.3 Å². The summed E-state index contributed by atoms with van der Waals surface area (Å²) < 4.78 is 0. The van der Waals surface area contributed by atoms with Crippen molar-refractivity contribution >= 4 is 0 Å². The molecule has 0 aromatic rings. The molecule has 0 aromatic carbocycles. The molecule has 2 saturated carbocycles. The third kappa shape index (κ3) is 8.80. The van der Waals surface area contributed by atoms with Crippen molar-refractivity contribution in [3.63, 3.8) is 0 Å². The van der Waals surface area contributed by atoms with Gasteiger partial charge in [-0.05, 0) is 65.5 Å². The first-order valence-electron chi connectivity index (χ1n) is 10.7. The Bertz CT molecular complexity index is 268. The van der Waals surface area contributed by atoms with Crippen LogP contribution in [0, 0.1) is 0 Å². The number of hydrogen-bond donors (Lipinski definition) is 4. The zero-order valence-electron chi connectivity index (χ0n) is 16.2. The van der Waals surface area contributed by atoms with Gasteiger partial charge in [-0.3, -0.25) is 10.6 Å². The van der Waals surface area contributed by atoms with Gasteiger partial charge in [0, 0.05) is 12.1 Å². The van der Waals surface area contributed by atoms with E-state index in [9.17, 15) is 0 Å². The summed E-state index contributed by atoms with van der Waals surface area (Å²) in [4.78, 5) is 0. The third-order valence-corrected chi connectivity index (χ3v) is 5.69. The molecule has 2 unspecified atom stereocenters. The third-order valence-electron chi connectivity index (χ3n) is 5.69. The van der Waals surface area contributed by atoms with E-state index >= 15 is 0 Å². The summed E-state index contributed by atoms with van der Waals surface area (Å²) in [6, 6.07) is 1.49. The highest BCUT2D eigenvalue weighted by atomic mass is 15.1. The Morgan fingerprint density at radius 1 is 0.625 bits per heavy atom. The van der Waals surface area contributed by atoms with E-state index in [2.05, 4.69) is 35.1 Å². The fraction of sp³-hybridized carbons (Fsp3) is 1.00. The topological polar surface area (TPSA) is 48.1 Å². The van der Waals surface area contributed by atoms with E-state index in [1.807, 2.05) is 0 Å². The predicted octanol–water partition coefficient (Wildman–Crippen LogP) is 3.48. The lowest BCUT2D eigenvalue weighted by atomic mass is 9.95. The second-order valence-electron chi connectivity index (χ2n) is 8.06. The van der Waals surface area contributed by atoms with Crippen LogP contribution in [-0.2, 0) is 0 Å². The van der Waals surface area contributed by atoms with Gasteiger partial charge >= 0.3 is 0 Å².